The molecule has 1 aliphatic heterocycles. The lowest BCUT2D eigenvalue weighted by atomic mass is 10.0. The van der Waals surface area contributed by atoms with Crippen molar-refractivity contribution in [3.8, 4) is 28.7 Å². The number of fused-ring (bicyclic) bond motifs is 1. The second-order valence-corrected chi connectivity index (χ2v) is 5.62. The molecule has 2 atom stereocenters. The minimum atomic E-state index is -0.472. The Morgan fingerprint density at radius 3 is 2.58 bits per heavy atom. The quantitative estimate of drug-likeness (QED) is 0.832. The number of allylic oxidation sites excluding steroid dienone is 1. The van der Waals surface area contributed by atoms with Gasteiger partial charge in [0.2, 0.25) is 5.75 Å². The third kappa shape index (κ3) is 2.73. The Kier molecular flexibility index (Phi) is 4.25. The molecule has 0 amide bonds. The summed E-state index contributed by atoms with van der Waals surface area (Å²) in [6.45, 7) is 3.84. The van der Waals surface area contributed by atoms with Gasteiger partial charge in [0.15, 0.2) is 29.1 Å². The average molecular weight is 328 g/mol. The summed E-state index contributed by atoms with van der Waals surface area (Å²) in [4.78, 5) is 0. The molecule has 5 nitrogen and oxygen atoms in total. The zero-order chi connectivity index (χ0) is 17.3. The molecule has 0 bridgehead atoms. The van der Waals surface area contributed by atoms with Crippen LogP contribution in [0.5, 0.6) is 28.7 Å². The molecule has 0 saturated carbocycles. The van der Waals surface area contributed by atoms with Crippen molar-refractivity contribution in [2.75, 3.05) is 7.11 Å². The second-order valence-electron chi connectivity index (χ2n) is 5.62. The molecule has 1 heterocycles. The molecule has 2 aromatic carbocycles. The highest BCUT2D eigenvalue weighted by atomic mass is 16.6. The molecule has 0 aliphatic carbocycles. The van der Waals surface area contributed by atoms with Gasteiger partial charge in [0.05, 0.1) is 7.11 Å². The predicted octanol–water partition coefficient (Wildman–Crippen LogP) is 4.04. The number of phenolic OH excluding ortho intramolecular Hbond substituents is 2. The van der Waals surface area contributed by atoms with Crippen molar-refractivity contribution in [2.24, 2.45) is 0 Å². The van der Waals surface area contributed by atoms with Crippen LogP contribution in [-0.4, -0.2) is 23.4 Å². The van der Waals surface area contributed by atoms with Crippen LogP contribution < -0.4 is 14.2 Å². The topological polar surface area (TPSA) is 68.2 Å². The number of hydrogen-bond donors (Lipinski definition) is 2. The van der Waals surface area contributed by atoms with Crippen LogP contribution in [0.25, 0.3) is 6.08 Å². The van der Waals surface area contributed by atoms with E-state index in [-0.39, 0.29) is 23.4 Å². The summed E-state index contributed by atoms with van der Waals surface area (Å²) < 4.78 is 17.3. The number of phenols is 2. The number of hydrogen-bond acceptors (Lipinski definition) is 5. The fourth-order valence-corrected chi connectivity index (χ4v) is 2.84. The fourth-order valence-electron chi connectivity index (χ4n) is 2.84. The van der Waals surface area contributed by atoms with Crippen LogP contribution in [0.15, 0.2) is 36.4 Å². The molecule has 3 rings (SSSR count). The second kappa shape index (κ2) is 6.35. The molecule has 0 fully saturated rings. The first-order chi connectivity index (χ1) is 11.5. The molecule has 0 saturated heterocycles. The van der Waals surface area contributed by atoms with E-state index in [0.717, 1.165) is 5.56 Å². The Hall–Kier alpha value is -2.82. The van der Waals surface area contributed by atoms with Crippen LogP contribution in [0.3, 0.4) is 0 Å². The highest BCUT2D eigenvalue weighted by molar-refractivity contribution is 5.58. The van der Waals surface area contributed by atoms with E-state index < -0.39 is 6.10 Å². The molecule has 2 aromatic rings. The van der Waals surface area contributed by atoms with Crippen LogP contribution in [0.4, 0.5) is 0 Å². The van der Waals surface area contributed by atoms with Gasteiger partial charge in [-0.15, -0.1) is 0 Å². The lowest BCUT2D eigenvalue weighted by Crippen LogP contribution is -2.30. The zero-order valence-corrected chi connectivity index (χ0v) is 13.8. The molecule has 126 valence electrons. The molecule has 1 aliphatic rings. The van der Waals surface area contributed by atoms with E-state index >= 15 is 0 Å². The van der Waals surface area contributed by atoms with Gasteiger partial charge >= 0.3 is 0 Å². The van der Waals surface area contributed by atoms with Crippen LogP contribution in [0.1, 0.15) is 31.1 Å². The standard InChI is InChI=1S/C19H20O5/c1-4-5-12-6-9-15-16(10-12)24-18(11(2)23-15)13-7-8-14(20)17(21)19(13)22-3/h4-11,18,20-21H,1-3H3. The van der Waals surface area contributed by atoms with Crippen molar-refractivity contribution in [1.29, 1.82) is 0 Å². The first-order valence-corrected chi connectivity index (χ1v) is 7.74. The largest absolute Gasteiger partial charge is 0.504 e. The predicted molar refractivity (Wildman–Crippen MR) is 90.9 cm³/mol. The van der Waals surface area contributed by atoms with Crippen molar-refractivity contribution in [3.05, 3.63) is 47.5 Å². The number of aromatic hydroxyl groups is 2. The zero-order valence-electron chi connectivity index (χ0n) is 13.8. The minimum Gasteiger partial charge on any atom is -0.504 e. The van der Waals surface area contributed by atoms with E-state index in [2.05, 4.69) is 0 Å². The summed E-state index contributed by atoms with van der Waals surface area (Å²) in [6, 6.07) is 8.82. The molecular formula is C19H20O5. The summed E-state index contributed by atoms with van der Waals surface area (Å²) in [5.74, 6) is 0.941. The van der Waals surface area contributed by atoms with Gasteiger partial charge in [-0.2, -0.15) is 0 Å². The lowest BCUT2D eigenvalue weighted by Gasteiger charge is -2.33. The average Bonchev–Trinajstić information content (AvgIpc) is 2.57. The third-order valence-electron chi connectivity index (χ3n) is 3.97. The van der Waals surface area contributed by atoms with Gasteiger partial charge in [-0.3, -0.25) is 0 Å². The molecule has 0 radical (unpaired) electrons. The maximum Gasteiger partial charge on any atom is 0.200 e. The van der Waals surface area contributed by atoms with Crippen LogP contribution >= 0.6 is 0 Å². The number of rotatable bonds is 3. The van der Waals surface area contributed by atoms with Crippen LogP contribution in [-0.2, 0) is 0 Å². The van der Waals surface area contributed by atoms with Gasteiger partial charge in [0.25, 0.3) is 0 Å². The number of methoxy groups -OCH3 is 1. The van der Waals surface area contributed by atoms with Crippen LogP contribution in [0.2, 0.25) is 0 Å². The SMILES string of the molecule is CC=Cc1ccc2c(c1)OC(c1ccc(O)c(O)c1OC)C(C)O2. The summed E-state index contributed by atoms with van der Waals surface area (Å²) in [5.41, 5.74) is 1.62. The first-order valence-electron chi connectivity index (χ1n) is 7.74. The number of ether oxygens (including phenoxy) is 3. The summed E-state index contributed by atoms with van der Waals surface area (Å²) >= 11 is 0. The van der Waals surface area contributed by atoms with E-state index in [0.29, 0.717) is 17.1 Å². The Morgan fingerprint density at radius 2 is 1.88 bits per heavy atom. The maximum atomic E-state index is 10.0. The van der Waals surface area contributed by atoms with E-state index in [9.17, 15) is 10.2 Å². The Morgan fingerprint density at radius 1 is 1.08 bits per heavy atom. The Balaban J connectivity index is 2.02. The fraction of sp³-hybridized carbons (Fsp3) is 0.263. The van der Waals surface area contributed by atoms with E-state index in [1.54, 1.807) is 6.07 Å². The summed E-state index contributed by atoms with van der Waals surface area (Å²) in [7, 11) is 1.43. The molecule has 2 unspecified atom stereocenters. The lowest BCUT2D eigenvalue weighted by molar-refractivity contribution is 0.0290. The normalized spacial score (nSPS) is 19.5. The maximum absolute atomic E-state index is 10.0. The van der Waals surface area contributed by atoms with E-state index in [1.807, 2.05) is 44.2 Å². The van der Waals surface area contributed by atoms with Gasteiger partial charge in [0.1, 0.15) is 6.10 Å². The molecule has 0 aromatic heterocycles. The Bertz CT molecular complexity index is 782. The molecule has 2 N–H and O–H groups in total. The van der Waals surface area contributed by atoms with E-state index in [1.165, 1.54) is 13.2 Å². The number of benzene rings is 2. The van der Waals surface area contributed by atoms with Gasteiger partial charge in [-0.1, -0.05) is 18.2 Å². The molecule has 24 heavy (non-hydrogen) atoms. The third-order valence-corrected chi connectivity index (χ3v) is 3.97. The Labute approximate surface area is 140 Å². The van der Waals surface area contributed by atoms with Crippen molar-refractivity contribution < 1.29 is 24.4 Å². The summed E-state index contributed by atoms with van der Waals surface area (Å²) in [5, 5.41) is 19.7. The van der Waals surface area contributed by atoms with Crippen molar-refractivity contribution in [1.82, 2.24) is 0 Å². The van der Waals surface area contributed by atoms with Gasteiger partial charge in [-0.05, 0) is 43.7 Å². The smallest absolute Gasteiger partial charge is 0.200 e. The van der Waals surface area contributed by atoms with Gasteiger partial charge in [-0.25, -0.2) is 0 Å². The van der Waals surface area contributed by atoms with Crippen molar-refractivity contribution in [3.63, 3.8) is 0 Å². The van der Waals surface area contributed by atoms with Crippen LogP contribution in [0, 0.1) is 0 Å². The van der Waals surface area contributed by atoms with E-state index in [4.69, 9.17) is 14.2 Å². The first kappa shape index (κ1) is 16.1. The minimum absolute atomic E-state index is 0.184. The highest BCUT2D eigenvalue weighted by Gasteiger charge is 2.33. The van der Waals surface area contributed by atoms with Gasteiger partial charge in [0, 0.05) is 5.56 Å². The van der Waals surface area contributed by atoms with Gasteiger partial charge < -0.3 is 24.4 Å². The monoisotopic (exact) mass is 328 g/mol. The van der Waals surface area contributed by atoms with Crippen molar-refractivity contribution >= 4 is 6.08 Å². The molecule has 0 spiro atoms. The molecule has 5 heteroatoms. The highest BCUT2D eigenvalue weighted by Crippen LogP contribution is 2.46. The molecular weight excluding hydrogens is 308 g/mol. The summed E-state index contributed by atoms with van der Waals surface area (Å²) in [6.07, 6.45) is 3.17. The van der Waals surface area contributed by atoms with Crippen molar-refractivity contribution in [2.45, 2.75) is 26.1 Å².